The van der Waals surface area contributed by atoms with E-state index in [1.54, 1.807) is 23.1 Å². The number of H-pyrrole nitrogens is 1. The van der Waals surface area contributed by atoms with E-state index in [1.165, 1.54) is 25.4 Å². The van der Waals surface area contributed by atoms with E-state index in [1.807, 2.05) is 13.8 Å². The van der Waals surface area contributed by atoms with Crippen LogP contribution >= 0.6 is 0 Å². The van der Waals surface area contributed by atoms with Gasteiger partial charge in [0.1, 0.15) is 17.0 Å². The number of aromatic nitrogens is 2. The Labute approximate surface area is 190 Å². The normalized spacial score (nSPS) is 19.0. The Morgan fingerprint density at radius 1 is 1.18 bits per heavy atom. The Hall–Kier alpha value is -3.59. The van der Waals surface area contributed by atoms with Crippen molar-refractivity contribution >= 4 is 29.0 Å². The molecule has 3 heterocycles. The number of carbonyl (C=O) groups excluding carboxylic acids is 3. The first-order valence-corrected chi connectivity index (χ1v) is 10.7. The average molecular weight is 452 g/mol. The van der Waals surface area contributed by atoms with Crippen LogP contribution in [-0.4, -0.2) is 70.0 Å². The lowest BCUT2D eigenvalue weighted by atomic mass is 10.0. The first-order chi connectivity index (χ1) is 15.8. The van der Waals surface area contributed by atoms with E-state index < -0.39 is 5.78 Å². The van der Waals surface area contributed by atoms with E-state index >= 15 is 0 Å². The molecule has 0 radical (unpaired) electrons. The minimum Gasteiger partial charge on any atom is -0.480 e. The summed E-state index contributed by atoms with van der Waals surface area (Å²) in [5, 5.41) is 0.395. The zero-order valence-electron chi connectivity index (χ0n) is 18.7. The molecule has 1 fully saturated rings. The molecule has 1 aliphatic heterocycles. The fourth-order valence-corrected chi connectivity index (χ4v) is 4.29. The maximum atomic E-state index is 13.5. The monoisotopic (exact) mass is 452 g/mol. The second-order valence-corrected chi connectivity index (χ2v) is 8.34. The molecule has 2 aromatic heterocycles. The van der Waals surface area contributed by atoms with Gasteiger partial charge in [0.25, 0.3) is 5.91 Å². The number of ketones is 1. The van der Waals surface area contributed by atoms with E-state index in [-0.39, 0.29) is 47.1 Å². The van der Waals surface area contributed by atoms with Crippen LogP contribution in [0.3, 0.4) is 0 Å². The third-order valence-corrected chi connectivity index (χ3v) is 6.10. The number of ether oxygens (including phenoxy) is 1. The number of fused-ring (bicyclic) bond motifs is 1. The van der Waals surface area contributed by atoms with Gasteiger partial charge in [-0.3, -0.25) is 19.3 Å². The van der Waals surface area contributed by atoms with Gasteiger partial charge in [0.15, 0.2) is 6.29 Å². The molecule has 4 rings (SSSR count). The summed E-state index contributed by atoms with van der Waals surface area (Å²) in [4.78, 5) is 47.7. The highest BCUT2D eigenvalue weighted by atomic mass is 19.1. The number of piperazine rings is 1. The molecule has 0 bridgehead atoms. The van der Waals surface area contributed by atoms with Gasteiger partial charge in [-0.2, -0.15) is 4.98 Å². The zero-order valence-corrected chi connectivity index (χ0v) is 18.7. The van der Waals surface area contributed by atoms with Crippen molar-refractivity contribution in [2.75, 3.05) is 20.2 Å². The lowest BCUT2D eigenvalue weighted by Gasteiger charge is -2.44. The van der Waals surface area contributed by atoms with Crippen molar-refractivity contribution < 1.29 is 23.5 Å². The number of hydrogen-bond acceptors (Lipinski definition) is 6. The number of aromatic amines is 1. The number of amides is 1. The Bertz CT molecular complexity index is 1210. The van der Waals surface area contributed by atoms with E-state index in [2.05, 4.69) is 14.9 Å². The predicted molar refractivity (Wildman–Crippen MR) is 120 cm³/mol. The molecule has 8 nitrogen and oxygen atoms in total. The van der Waals surface area contributed by atoms with Crippen LogP contribution in [0.1, 0.15) is 40.1 Å². The molecule has 9 heteroatoms. The number of rotatable bonds is 6. The van der Waals surface area contributed by atoms with Crippen LogP contribution in [0.5, 0.6) is 5.88 Å². The molecule has 1 unspecified atom stereocenters. The van der Waals surface area contributed by atoms with E-state index in [0.29, 0.717) is 30.7 Å². The topological polar surface area (TPSA) is 95.6 Å². The number of nitrogens with one attached hydrogen (secondary N) is 1. The molecule has 1 amide bonds. The molecule has 1 saturated heterocycles. The number of halogens is 1. The highest BCUT2D eigenvalue weighted by Gasteiger charge is 2.34. The minimum atomic E-state index is -0.692. The molecule has 1 aliphatic rings. The number of aldehydes is 1. The maximum absolute atomic E-state index is 13.5. The van der Waals surface area contributed by atoms with Crippen molar-refractivity contribution in [1.29, 1.82) is 0 Å². The van der Waals surface area contributed by atoms with Gasteiger partial charge in [-0.15, -0.1) is 0 Å². The van der Waals surface area contributed by atoms with Gasteiger partial charge in [-0.25, -0.2) is 4.39 Å². The summed E-state index contributed by atoms with van der Waals surface area (Å²) in [5.74, 6) is -1.07. The molecule has 172 valence electrons. The van der Waals surface area contributed by atoms with Crippen molar-refractivity contribution in [1.82, 2.24) is 19.8 Å². The fourth-order valence-electron chi connectivity index (χ4n) is 4.29. The van der Waals surface area contributed by atoms with Crippen LogP contribution in [-0.2, 0) is 11.3 Å². The van der Waals surface area contributed by atoms with Crippen LogP contribution in [0.25, 0.3) is 11.0 Å². The molecule has 0 spiro atoms. The minimum absolute atomic E-state index is 0.0670. The summed E-state index contributed by atoms with van der Waals surface area (Å²) in [6.45, 7) is 5.79. The lowest BCUT2D eigenvalue weighted by molar-refractivity contribution is -0.104. The Morgan fingerprint density at radius 2 is 1.91 bits per heavy atom. The van der Waals surface area contributed by atoms with Crippen molar-refractivity contribution in [3.63, 3.8) is 0 Å². The van der Waals surface area contributed by atoms with E-state index in [9.17, 15) is 18.8 Å². The number of benzene rings is 1. The molecule has 33 heavy (non-hydrogen) atoms. The molecule has 1 aromatic carbocycles. The van der Waals surface area contributed by atoms with Crippen molar-refractivity contribution in [3.8, 4) is 5.88 Å². The standard InChI is InChI=1S/C24H25FN4O4/c1-14-11-29(15(2)10-28(14)12-16-4-6-17(25)7-5-16)24(32)19-8-18-20(21(31)13-30)9-26-22(18)27-23(19)33-3/h4-9,13-15H,10-12H2,1-3H3,(H,26,27)/t14-,15?/m0/s1. The molecular formula is C24H25FN4O4. The third kappa shape index (κ3) is 4.36. The number of nitrogens with zero attached hydrogens (tertiary/aromatic N) is 3. The van der Waals surface area contributed by atoms with Gasteiger partial charge < -0.3 is 14.6 Å². The zero-order chi connectivity index (χ0) is 23.7. The summed E-state index contributed by atoms with van der Waals surface area (Å²) in [7, 11) is 1.43. The lowest BCUT2D eigenvalue weighted by Crippen LogP contribution is -2.57. The number of pyridine rings is 1. The highest BCUT2D eigenvalue weighted by molar-refractivity contribution is 6.36. The van der Waals surface area contributed by atoms with Gasteiger partial charge in [-0.05, 0) is 37.6 Å². The predicted octanol–water partition coefficient (Wildman–Crippen LogP) is 2.83. The first kappa shape index (κ1) is 22.6. The largest absolute Gasteiger partial charge is 0.480 e. The van der Waals surface area contributed by atoms with Gasteiger partial charge in [0, 0.05) is 43.3 Å². The van der Waals surface area contributed by atoms with E-state index in [4.69, 9.17) is 4.74 Å². The summed E-state index contributed by atoms with van der Waals surface area (Å²) in [5.41, 5.74) is 1.76. The quantitative estimate of drug-likeness (QED) is 0.351. The third-order valence-electron chi connectivity index (χ3n) is 6.10. The highest BCUT2D eigenvalue weighted by Crippen LogP contribution is 2.28. The van der Waals surface area contributed by atoms with Gasteiger partial charge >= 0.3 is 0 Å². The van der Waals surface area contributed by atoms with Gasteiger partial charge in [-0.1, -0.05) is 12.1 Å². The second kappa shape index (κ2) is 9.11. The molecule has 0 aliphatic carbocycles. The number of methoxy groups -OCH3 is 1. The first-order valence-electron chi connectivity index (χ1n) is 10.7. The van der Waals surface area contributed by atoms with Crippen LogP contribution in [0.2, 0.25) is 0 Å². The Kier molecular flexibility index (Phi) is 6.24. The van der Waals surface area contributed by atoms with Crippen molar-refractivity contribution in [3.05, 3.63) is 59.0 Å². The van der Waals surface area contributed by atoms with Crippen molar-refractivity contribution in [2.24, 2.45) is 0 Å². The molecule has 1 N–H and O–H groups in total. The Balaban J connectivity index is 1.59. The Morgan fingerprint density at radius 3 is 2.58 bits per heavy atom. The smallest absolute Gasteiger partial charge is 0.259 e. The van der Waals surface area contributed by atoms with Crippen LogP contribution in [0.4, 0.5) is 4.39 Å². The molecular weight excluding hydrogens is 427 g/mol. The summed E-state index contributed by atoms with van der Waals surface area (Å²) < 4.78 is 18.6. The molecule has 2 atom stereocenters. The number of Topliss-reactive ketones (excluding diaryl/α,β-unsaturated/α-hetero) is 1. The summed E-state index contributed by atoms with van der Waals surface area (Å²) >= 11 is 0. The SMILES string of the molecule is COc1nc2[nH]cc(C(=O)C=O)c2cc1C(=O)N1C[C@H](C)N(Cc2ccc(F)cc2)CC1C. The van der Waals surface area contributed by atoms with Crippen molar-refractivity contribution in [2.45, 2.75) is 32.5 Å². The second-order valence-electron chi connectivity index (χ2n) is 8.34. The van der Waals surface area contributed by atoms with E-state index in [0.717, 1.165) is 5.56 Å². The molecule has 3 aromatic rings. The summed E-state index contributed by atoms with van der Waals surface area (Å²) in [6, 6.07) is 7.95. The van der Waals surface area contributed by atoms with Gasteiger partial charge in [0.05, 0.1) is 12.7 Å². The van der Waals surface area contributed by atoms with Crippen LogP contribution in [0, 0.1) is 5.82 Å². The van der Waals surface area contributed by atoms with Crippen LogP contribution < -0.4 is 4.74 Å². The fraction of sp³-hybridized carbons (Fsp3) is 0.333. The maximum Gasteiger partial charge on any atom is 0.259 e. The number of carbonyl (C=O) groups is 3. The number of hydrogen-bond donors (Lipinski definition) is 1. The average Bonchev–Trinajstić information content (AvgIpc) is 3.23. The molecule has 0 saturated carbocycles. The summed E-state index contributed by atoms with van der Waals surface area (Å²) in [6.07, 6.45) is 1.64. The van der Waals surface area contributed by atoms with Gasteiger partial charge in [0.2, 0.25) is 11.7 Å². The van der Waals surface area contributed by atoms with Crippen LogP contribution in [0.15, 0.2) is 36.5 Å².